The van der Waals surface area contributed by atoms with Gasteiger partial charge in [-0.2, -0.15) is 22.8 Å². The molecule has 0 radical (unpaired) electrons. The summed E-state index contributed by atoms with van der Waals surface area (Å²) in [5.74, 6) is -0.177. The Bertz CT molecular complexity index is 1290. The Morgan fingerprint density at radius 2 is 1.83 bits per heavy atom. The minimum atomic E-state index is -4.60. The van der Waals surface area contributed by atoms with Crippen LogP contribution in [0.15, 0.2) is 28.7 Å². The molecule has 156 valence electrons. The number of carbonyl (C=O) groups is 1. The summed E-state index contributed by atoms with van der Waals surface area (Å²) in [5.41, 5.74) is 0.228. The second-order valence-corrected chi connectivity index (χ2v) is 7.04. The van der Waals surface area contributed by atoms with Gasteiger partial charge in [0.2, 0.25) is 5.71 Å². The number of aryl methyl sites for hydroxylation is 2. The lowest BCUT2D eigenvalue weighted by Gasteiger charge is -2.15. The van der Waals surface area contributed by atoms with Crippen molar-refractivity contribution in [3.8, 4) is 0 Å². The van der Waals surface area contributed by atoms with Crippen molar-refractivity contribution in [2.75, 3.05) is 24.3 Å². The van der Waals surface area contributed by atoms with Gasteiger partial charge in [0.25, 0.3) is 5.91 Å². The van der Waals surface area contributed by atoms with Crippen LogP contribution in [-0.2, 0) is 6.18 Å². The third kappa shape index (κ3) is 3.42. The number of aromatic nitrogens is 4. The molecule has 11 heteroatoms. The Morgan fingerprint density at radius 1 is 1.10 bits per heavy atom. The zero-order valence-electron chi connectivity index (χ0n) is 16.5. The maximum atomic E-state index is 13.3. The Hall–Kier alpha value is -3.63. The fraction of sp³-hybridized carbons (Fsp3) is 0.263. The van der Waals surface area contributed by atoms with Crippen LogP contribution < -0.4 is 10.2 Å². The van der Waals surface area contributed by atoms with Crippen molar-refractivity contribution >= 4 is 34.3 Å². The second-order valence-electron chi connectivity index (χ2n) is 7.04. The minimum absolute atomic E-state index is 0.134. The highest BCUT2D eigenvalue weighted by molar-refractivity contribution is 6.04. The second kappa shape index (κ2) is 6.71. The zero-order valence-corrected chi connectivity index (χ0v) is 16.5. The van der Waals surface area contributed by atoms with E-state index in [1.807, 2.05) is 21.0 Å². The number of nitrogens with zero attached hydrogens (tertiary/aromatic N) is 5. The fourth-order valence-electron chi connectivity index (χ4n) is 3.12. The molecule has 0 atom stereocenters. The van der Waals surface area contributed by atoms with Crippen LogP contribution in [0.25, 0.3) is 16.7 Å². The minimum Gasteiger partial charge on any atom is -0.433 e. The average molecular weight is 418 g/mol. The first-order valence-corrected chi connectivity index (χ1v) is 8.87. The van der Waals surface area contributed by atoms with E-state index in [0.29, 0.717) is 11.5 Å². The Kier molecular flexibility index (Phi) is 4.40. The van der Waals surface area contributed by atoms with Crippen LogP contribution in [0, 0.1) is 13.8 Å². The van der Waals surface area contributed by atoms with Crippen molar-refractivity contribution in [2.24, 2.45) is 0 Å². The van der Waals surface area contributed by atoms with Crippen molar-refractivity contribution < 1.29 is 22.4 Å². The molecular weight excluding hydrogens is 401 g/mol. The predicted molar refractivity (Wildman–Crippen MR) is 104 cm³/mol. The Balaban J connectivity index is 1.73. The quantitative estimate of drug-likeness (QED) is 0.544. The van der Waals surface area contributed by atoms with Crippen LogP contribution in [0.4, 0.5) is 24.8 Å². The number of alkyl halides is 3. The van der Waals surface area contributed by atoms with E-state index < -0.39 is 17.6 Å². The number of nitrogens with one attached hydrogen (secondary N) is 1. The normalized spacial score (nSPS) is 12.0. The summed E-state index contributed by atoms with van der Waals surface area (Å²) in [5, 5.41) is 6.64. The fourth-order valence-corrected chi connectivity index (χ4v) is 3.12. The van der Waals surface area contributed by atoms with E-state index in [0.717, 1.165) is 17.8 Å². The third-order valence-corrected chi connectivity index (χ3v) is 4.39. The zero-order chi connectivity index (χ0) is 21.8. The van der Waals surface area contributed by atoms with E-state index >= 15 is 0 Å². The van der Waals surface area contributed by atoms with Gasteiger partial charge in [0.05, 0.1) is 16.6 Å². The number of pyridine rings is 1. The summed E-state index contributed by atoms with van der Waals surface area (Å²) >= 11 is 0. The molecule has 4 aromatic rings. The van der Waals surface area contributed by atoms with Crippen LogP contribution in [0.5, 0.6) is 0 Å². The molecule has 0 spiro atoms. The number of hydrogen-bond acceptors (Lipinski definition) is 6. The summed E-state index contributed by atoms with van der Waals surface area (Å²) in [6, 6.07) is 5.30. The average Bonchev–Trinajstić information content (AvgIpc) is 3.21. The van der Waals surface area contributed by atoms with Gasteiger partial charge in [0.15, 0.2) is 11.4 Å². The number of anilines is 2. The molecule has 1 N–H and O–H groups in total. The molecule has 4 rings (SSSR count). The van der Waals surface area contributed by atoms with Crippen LogP contribution in [0.2, 0.25) is 0 Å². The van der Waals surface area contributed by atoms with Crippen molar-refractivity contribution in [3.05, 3.63) is 47.0 Å². The van der Waals surface area contributed by atoms with Gasteiger partial charge in [-0.15, -0.1) is 0 Å². The van der Waals surface area contributed by atoms with Gasteiger partial charge in [0.1, 0.15) is 11.6 Å². The van der Waals surface area contributed by atoms with E-state index in [4.69, 9.17) is 4.42 Å². The number of carbonyl (C=O) groups excluding carboxylic acids is 1. The predicted octanol–water partition coefficient (Wildman–Crippen LogP) is 3.82. The molecule has 0 aliphatic rings. The van der Waals surface area contributed by atoms with E-state index in [9.17, 15) is 18.0 Å². The summed E-state index contributed by atoms with van der Waals surface area (Å²) in [6.07, 6.45) is -4.60. The highest BCUT2D eigenvalue weighted by Gasteiger charge is 2.34. The molecule has 0 aromatic carbocycles. The molecule has 0 bridgehead atoms. The topological polar surface area (TPSA) is 88.6 Å². The first-order valence-electron chi connectivity index (χ1n) is 8.87. The van der Waals surface area contributed by atoms with Gasteiger partial charge in [-0.05, 0) is 26.0 Å². The number of halogens is 3. The summed E-state index contributed by atoms with van der Waals surface area (Å²) < 4.78 is 46.9. The monoisotopic (exact) mass is 418 g/mol. The molecular formula is C19H17F3N6O2. The first kappa shape index (κ1) is 19.7. The Labute approximate surface area is 168 Å². The maximum Gasteiger partial charge on any atom is 0.417 e. The highest BCUT2D eigenvalue weighted by atomic mass is 19.4. The highest BCUT2D eigenvalue weighted by Crippen LogP contribution is 2.36. The maximum absolute atomic E-state index is 13.3. The van der Waals surface area contributed by atoms with E-state index in [-0.39, 0.29) is 28.4 Å². The van der Waals surface area contributed by atoms with Crippen molar-refractivity contribution in [2.45, 2.75) is 20.0 Å². The summed E-state index contributed by atoms with van der Waals surface area (Å²) in [7, 11) is 3.62. The van der Waals surface area contributed by atoms with Gasteiger partial charge in [0, 0.05) is 31.9 Å². The Morgan fingerprint density at radius 3 is 2.50 bits per heavy atom. The number of amides is 1. The molecule has 8 nitrogen and oxygen atoms in total. The third-order valence-electron chi connectivity index (χ3n) is 4.39. The van der Waals surface area contributed by atoms with Crippen molar-refractivity contribution in [1.29, 1.82) is 0 Å². The van der Waals surface area contributed by atoms with E-state index in [1.54, 1.807) is 21.5 Å². The molecule has 1 amide bonds. The molecule has 0 saturated heterocycles. The van der Waals surface area contributed by atoms with Gasteiger partial charge in [-0.1, -0.05) is 0 Å². The lowest BCUT2D eigenvalue weighted by molar-refractivity contribution is -0.136. The van der Waals surface area contributed by atoms with E-state index in [2.05, 4.69) is 20.4 Å². The van der Waals surface area contributed by atoms with Crippen LogP contribution in [-0.4, -0.2) is 39.6 Å². The number of hydrogen-bond donors (Lipinski definition) is 1. The van der Waals surface area contributed by atoms with Crippen LogP contribution in [0.3, 0.4) is 0 Å². The standard InChI is InChI=1S/C19H17F3N6O2/c1-9-5-12(19(20,21)22)11-7-13(30-18(11)23-9)17(29)25-14-8-16(27(3)4)28-15(24-14)6-10(2)26-28/h5-8H,1-4H3,(H,24,25,29). The molecule has 0 fully saturated rings. The van der Waals surface area contributed by atoms with E-state index in [1.165, 1.54) is 6.92 Å². The van der Waals surface area contributed by atoms with Crippen LogP contribution in [0.1, 0.15) is 27.5 Å². The van der Waals surface area contributed by atoms with Crippen molar-refractivity contribution in [3.63, 3.8) is 0 Å². The first-order chi connectivity index (χ1) is 14.0. The van der Waals surface area contributed by atoms with Crippen molar-refractivity contribution in [1.82, 2.24) is 19.6 Å². The summed E-state index contributed by atoms with van der Waals surface area (Å²) in [6.45, 7) is 3.24. The van der Waals surface area contributed by atoms with Gasteiger partial charge >= 0.3 is 6.18 Å². The lowest BCUT2D eigenvalue weighted by Crippen LogP contribution is -2.17. The molecule has 30 heavy (non-hydrogen) atoms. The molecule has 0 aliphatic carbocycles. The van der Waals surface area contributed by atoms with Gasteiger partial charge in [-0.3, -0.25) is 4.79 Å². The molecule has 0 unspecified atom stereocenters. The van der Waals surface area contributed by atoms with Gasteiger partial charge < -0.3 is 14.6 Å². The lowest BCUT2D eigenvalue weighted by atomic mass is 10.1. The summed E-state index contributed by atoms with van der Waals surface area (Å²) in [4.78, 5) is 22.7. The SMILES string of the molecule is Cc1cc(C(F)(F)F)c2cc(C(=O)Nc3cc(N(C)C)n4nc(C)cc4n3)oc2n1. The molecule has 4 aromatic heterocycles. The number of fused-ring (bicyclic) bond motifs is 2. The number of furan rings is 1. The molecule has 0 saturated carbocycles. The number of rotatable bonds is 3. The largest absolute Gasteiger partial charge is 0.433 e. The van der Waals surface area contributed by atoms with Gasteiger partial charge in [-0.25, -0.2) is 9.97 Å². The molecule has 4 heterocycles. The van der Waals surface area contributed by atoms with Crippen LogP contribution >= 0.6 is 0 Å². The smallest absolute Gasteiger partial charge is 0.417 e. The molecule has 0 aliphatic heterocycles.